The van der Waals surface area contributed by atoms with Crippen LogP contribution in [0.1, 0.15) is 58.8 Å². The van der Waals surface area contributed by atoms with E-state index < -0.39 is 0 Å². The highest BCUT2D eigenvalue weighted by Gasteiger charge is 2.54. The van der Waals surface area contributed by atoms with Gasteiger partial charge in [-0.15, -0.1) is 0 Å². The molecular weight excluding hydrogens is 354 g/mol. The molecule has 4 saturated carbocycles. The monoisotopic (exact) mass is 391 g/mol. The Hall–Kier alpha value is -1.14. The van der Waals surface area contributed by atoms with Crippen LogP contribution in [-0.4, -0.2) is 61.6 Å². The Balaban J connectivity index is 1.19. The molecule has 6 nitrogen and oxygen atoms in total. The lowest BCUT2D eigenvalue weighted by molar-refractivity contribution is -0.146. The molecule has 5 rings (SSSR count). The topological polar surface area (TPSA) is 70.7 Å². The zero-order valence-electron chi connectivity index (χ0n) is 17.6. The summed E-state index contributed by atoms with van der Waals surface area (Å²) in [6, 6.07) is 0. The molecule has 1 aliphatic heterocycles. The highest BCUT2D eigenvalue weighted by Crippen LogP contribution is 2.60. The lowest BCUT2D eigenvalue weighted by Crippen LogP contribution is -2.55. The van der Waals surface area contributed by atoms with Crippen LogP contribution in [0.5, 0.6) is 0 Å². The largest absolute Gasteiger partial charge is 0.379 e. The second-order valence-corrected chi connectivity index (χ2v) is 10.4. The summed E-state index contributed by atoms with van der Waals surface area (Å²) in [5, 5.41) is 6.16. The third kappa shape index (κ3) is 4.23. The standard InChI is InChI=1S/C22H37N3O3/c1-21(2,25-5-7-28-8-6-25)15-24-19(26)3-4-23-20(27)22-12-16-9-17(13-22)11-18(10-16)14-22/h16-18H,3-15H2,1-2H3,(H,23,27)(H,24,26). The van der Waals surface area contributed by atoms with Gasteiger partial charge in [0.25, 0.3) is 0 Å². The van der Waals surface area contributed by atoms with Crippen LogP contribution in [0.2, 0.25) is 0 Å². The maximum Gasteiger partial charge on any atom is 0.226 e. The van der Waals surface area contributed by atoms with Gasteiger partial charge in [0.15, 0.2) is 0 Å². The molecule has 1 heterocycles. The van der Waals surface area contributed by atoms with E-state index in [0.29, 0.717) is 19.5 Å². The molecule has 28 heavy (non-hydrogen) atoms. The molecule has 5 aliphatic rings. The van der Waals surface area contributed by atoms with Gasteiger partial charge >= 0.3 is 0 Å². The molecule has 4 bridgehead atoms. The van der Waals surface area contributed by atoms with Crippen molar-refractivity contribution in [3.05, 3.63) is 0 Å². The third-order valence-corrected chi connectivity index (χ3v) is 7.74. The van der Waals surface area contributed by atoms with E-state index in [2.05, 4.69) is 29.4 Å². The lowest BCUT2D eigenvalue weighted by atomic mass is 9.49. The van der Waals surface area contributed by atoms with E-state index in [0.717, 1.165) is 63.3 Å². The van der Waals surface area contributed by atoms with Crippen molar-refractivity contribution in [2.75, 3.05) is 39.4 Å². The average Bonchev–Trinajstić information content (AvgIpc) is 2.66. The van der Waals surface area contributed by atoms with Crippen LogP contribution in [0, 0.1) is 23.2 Å². The SMILES string of the molecule is CC(C)(CNC(=O)CCNC(=O)C12CC3CC(CC(C3)C1)C2)N1CCOCC1. The Morgan fingerprint density at radius 3 is 2.14 bits per heavy atom. The van der Waals surface area contributed by atoms with Crippen LogP contribution in [0.15, 0.2) is 0 Å². The summed E-state index contributed by atoms with van der Waals surface area (Å²) in [6.07, 6.45) is 7.60. The van der Waals surface area contributed by atoms with Crippen LogP contribution in [0.3, 0.4) is 0 Å². The number of nitrogens with one attached hydrogen (secondary N) is 2. The predicted octanol–water partition coefficient (Wildman–Crippen LogP) is 1.94. The van der Waals surface area contributed by atoms with E-state index in [-0.39, 0.29) is 22.8 Å². The highest BCUT2D eigenvalue weighted by molar-refractivity contribution is 5.84. The van der Waals surface area contributed by atoms with Crippen molar-refractivity contribution in [1.29, 1.82) is 0 Å². The normalized spacial score (nSPS) is 35.0. The van der Waals surface area contributed by atoms with Gasteiger partial charge in [-0.25, -0.2) is 0 Å². The number of nitrogens with zero attached hydrogens (tertiary/aromatic N) is 1. The fourth-order valence-electron chi connectivity index (χ4n) is 6.55. The minimum atomic E-state index is -0.121. The molecular formula is C22H37N3O3. The molecule has 1 saturated heterocycles. The molecule has 4 aliphatic carbocycles. The molecule has 0 unspecified atom stereocenters. The Morgan fingerprint density at radius 1 is 1.00 bits per heavy atom. The third-order valence-electron chi connectivity index (χ3n) is 7.74. The second kappa shape index (κ2) is 7.94. The van der Waals surface area contributed by atoms with Crippen molar-refractivity contribution in [1.82, 2.24) is 15.5 Å². The summed E-state index contributed by atoms with van der Waals surface area (Å²) in [6.45, 7) is 8.72. The molecule has 0 spiro atoms. The minimum absolute atomic E-state index is 0.0205. The summed E-state index contributed by atoms with van der Waals surface area (Å²) in [5.74, 6) is 2.54. The second-order valence-electron chi connectivity index (χ2n) is 10.4. The van der Waals surface area contributed by atoms with E-state index >= 15 is 0 Å². The number of rotatable bonds is 7. The van der Waals surface area contributed by atoms with Crippen LogP contribution >= 0.6 is 0 Å². The highest BCUT2D eigenvalue weighted by atomic mass is 16.5. The first-order chi connectivity index (χ1) is 13.4. The van der Waals surface area contributed by atoms with Crippen molar-refractivity contribution in [3.63, 3.8) is 0 Å². The Kier molecular flexibility index (Phi) is 5.71. The van der Waals surface area contributed by atoms with Gasteiger partial charge in [0.1, 0.15) is 0 Å². The molecule has 0 atom stereocenters. The van der Waals surface area contributed by atoms with Gasteiger partial charge in [0.05, 0.1) is 13.2 Å². The number of carbonyl (C=O) groups is 2. The van der Waals surface area contributed by atoms with E-state index in [1.54, 1.807) is 0 Å². The van der Waals surface area contributed by atoms with E-state index in [1.165, 1.54) is 19.3 Å². The number of hydrogen-bond acceptors (Lipinski definition) is 4. The fraction of sp³-hybridized carbons (Fsp3) is 0.909. The summed E-state index contributed by atoms with van der Waals surface area (Å²) in [4.78, 5) is 27.6. The Labute approximate surface area is 169 Å². The average molecular weight is 392 g/mol. The van der Waals surface area contributed by atoms with Crippen molar-refractivity contribution >= 4 is 11.8 Å². The molecule has 0 aromatic heterocycles. The molecule has 0 aromatic carbocycles. The first-order valence-electron chi connectivity index (χ1n) is 11.2. The van der Waals surface area contributed by atoms with Crippen LogP contribution in [-0.2, 0) is 14.3 Å². The van der Waals surface area contributed by atoms with Gasteiger partial charge in [0.2, 0.25) is 11.8 Å². The minimum Gasteiger partial charge on any atom is -0.379 e. The van der Waals surface area contributed by atoms with Crippen LogP contribution in [0.4, 0.5) is 0 Å². The first kappa shape index (κ1) is 20.1. The maximum atomic E-state index is 12.9. The van der Waals surface area contributed by atoms with E-state index in [4.69, 9.17) is 4.74 Å². The number of ether oxygens (including phenoxy) is 1. The van der Waals surface area contributed by atoms with Gasteiger partial charge in [-0.1, -0.05) is 0 Å². The Bertz CT molecular complexity index is 563. The van der Waals surface area contributed by atoms with Crippen LogP contribution < -0.4 is 10.6 Å². The molecule has 158 valence electrons. The summed E-state index contributed by atoms with van der Waals surface area (Å²) in [5.41, 5.74) is -0.203. The van der Waals surface area contributed by atoms with Gasteiger partial charge in [0, 0.05) is 43.6 Å². The van der Waals surface area contributed by atoms with Gasteiger partial charge in [-0.2, -0.15) is 0 Å². The molecule has 6 heteroatoms. The van der Waals surface area contributed by atoms with Gasteiger partial charge < -0.3 is 15.4 Å². The quantitative estimate of drug-likeness (QED) is 0.696. The number of hydrogen-bond donors (Lipinski definition) is 2. The lowest BCUT2D eigenvalue weighted by Gasteiger charge is -2.55. The summed E-state index contributed by atoms with van der Waals surface area (Å²) < 4.78 is 5.41. The van der Waals surface area contributed by atoms with Crippen LogP contribution in [0.25, 0.3) is 0 Å². The Morgan fingerprint density at radius 2 is 1.57 bits per heavy atom. The summed E-state index contributed by atoms with van der Waals surface area (Å²) >= 11 is 0. The van der Waals surface area contributed by atoms with Crippen molar-refractivity contribution in [2.24, 2.45) is 23.2 Å². The van der Waals surface area contributed by atoms with Gasteiger partial charge in [-0.05, 0) is 70.1 Å². The summed E-state index contributed by atoms with van der Waals surface area (Å²) in [7, 11) is 0. The van der Waals surface area contributed by atoms with E-state index in [1.807, 2.05) is 0 Å². The smallest absolute Gasteiger partial charge is 0.226 e. The number of morpholine rings is 1. The molecule has 0 aromatic rings. The number of amides is 2. The van der Waals surface area contributed by atoms with Gasteiger partial charge in [-0.3, -0.25) is 14.5 Å². The number of carbonyl (C=O) groups excluding carboxylic acids is 2. The fourth-order valence-corrected chi connectivity index (χ4v) is 6.55. The molecule has 5 fully saturated rings. The maximum absolute atomic E-state index is 12.9. The van der Waals surface area contributed by atoms with Crippen molar-refractivity contribution < 1.29 is 14.3 Å². The van der Waals surface area contributed by atoms with Crippen molar-refractivity contribution in [3.8, 4) is 0 Å². The predicted molar refractivity (Wildman–Crippen MR) is 108 cm³/mol. The molecule has 0 radical (unpaired) electrons. The van der Waals surface area contributed by atoms with Crippen molar-refractivity contribution in [2.45, 2.75) is 64.3 Å². The zero-order chi connectivity index (χ0) is 19.8. The van der Waals surface area contributed by atoms with E-state index in [9.17, 15) is 9.59 Å². The zero-order valence-corrected chi connectivity index (χ0v) is 17.6. The molecule has 2 amide bonds. The first-order valence-corrected chi connectivity index (χ1v) is 11.2. The molecule has 2 N–H and O–H groups in total.